The first-order chi connectivity index (χ1) is 16.9. The molecular weight excluding hydrogens is 565 g/mol. The molecule has 0 aromatic heterocycles. The zero-order chi connectivity index (χ0) is 24.6. The second-order valence-electron chi connectivity index (χ2n) is 9.55. The predicted molar refractivity (Wildman–Crippen MR) is 138 cm³/mol. The van der Waals surface area contributed by atoms with Crippen molar-refractivity contribution in [3.8, 4) is 11.5 Å². The molecule has 2 aromatic rings. The van der Waals surface area contributed by atoms with Crippen LogP contribution in [0.5, 0.6) is 11.5 Å². The van der Waals surface area contributed by atoms with E-state index in [0.717, 1.165) is 30.6 Å². The van der Waals surface area contributed by atoms with Crippen molar-refractivity contribution in [2.75, 3.05) is 13.7 Å². The highest BCUT2D eigenvalue weighted by molar-refractivity contribution is 6.03. The first-order valence-corrected chi connectivity index (χ1v) is 12.0. The molecule has 0 saturated carbocycles. The molecule has 0 atom stereocenters. The normalized spacial score (nSPS) is 17.4. The minimum absolute atomic E-state index is 0. The second-order valence-corrected chi connectivity index (χ2v) is 9.55. The highest BCUT2D eigenvalue weighted by Crippen LogP contribution is 2.42. The van der Waals surface area contributed by atoms with Gasteiger partial charge in [0, 0.05) is 29.3 Å². The average molecular weight is 595 g/mol. The summed E-state index contributed by atoms with van der Waals surface area (Å²) in [5.74, 6) is 1.96. The Morgan fingerprint density at radius 1 is 1.17 bits per heavy atom. The summed E-state index contributed by atoms with van der Waals surface area (Å²) < 4.78 is 18.9. The summed E-state index contributed by atoms with van der Waals surface area (Å²) >= 11 is 0. The number of hydrogen-bond donors (Lipinski definition) is 0. The average Bonchev–Trinajstić information content (AvgIpc) is 3.05. The monoisotopic (exact) mass is 595 g/mol. The third-order valence-corrected chi connectivity index (χ3v) is 6.91. The van der Waals surface area contributed by atoms with Gasteiger partial charge in [0.25, 0.3) is 0 Å². The summed E-state index contributed by atoms with van der Waals surface area (Å²) in [6.07, 6.45) is 10.4. The Labute approximate surface area is 229 Å². The molecule has 5 nitrogen and oxygen atoms in total. The maximum absolute atomic E-state index is 11.8. The van der Waals surface area contributed by atoms with Gasteiger partial charge in [0.1, 0.15) is 30.9 Å². The molecule has 0 N–H and O–H groups in total. The summed E-state index contributed by atoms with van der Waals surface area (Å²) in [5, 5.41) is 0. The fourth-order valence-electron chi connectivity index (χ4n) is 5.15. The number of fused-ring (bicyclic) bond motifs is 3. The zero-order valence-electron chi connectivity index (χ0n) is 20.8. The molecule has 5 rings (SSSR count). The predicted octanol–water partition coefficient (Wildman–Crippen LogP) is 3.87. The van der Waals surface area contributed by atoms with Crippen LogP contribution in [0.15, 0.2) is 84.2 Å². The number of nitrogens with zero attached hydrogens (tertiary/aromatic N) is 1. The summed E-state index contributed by atoms with van der Waals surface area (Å²) in [7, 11) is 2.13. The van der Waals surface area contributed by atoms with Gasteiger partial charge in [-0.3, -0.25) is 0 Å². The molecule has 36 heavy (non-hydrogen) atoms. The number of ether oxygens (including phenoxy) is 3. The van der Waals surface area contributed by atoms with Gasteiger partial charge in [-0.1, -0.05) is 30.9 Å². The summed E-state index contributed by atoms with van der Waals surface area (Å²) in [4.78, 5) is 11.8. The molecule has 2 aromatic carbocycles. The molecule has 6 heteroatoms. The zero-order valence-corrected chi connectivity index (χ0v) is 23.0. The smallest absolute Gasteiger partial charge is 0.514 e. The van der Waals surface area contributed by atoms with Crippen LogP contribution in [0.3, 0.4) is 0 Å². The molecular formula is C30H30INO4. The Balaban J connectivity index is 0.00000304. The van der Waals surface area contributed by atoms with E-state index in [0.29, 0.717) is 11.5 Å². The Bertz CT molecular complexity index is 1350. The van der Waals surface area contributed by atoms with Crippen molar-refractivity contribution in [1.29, 1.82) is 0 Å². The van der Waals surface area contributed by atoms with Crippen molar-refractivity contribution in [2.45, 2.75) is 38.5 Å². The Hall–Kier alpha value is -3.13. The van der Waals surface area contributed by atoms with Crippen LogP contribution < -0.4 is 33.5 Å². The molecule has 0 saturated heterocycles. The largest absolute Gasteiger partial charge is 1.00 e. The minimum Gasteiger partial charge on any atom is -1.00 e. The first kappa shape index (κ1) is 25.9. The number of para-hydroxylation sites is 1. The van der Waals surface area contributed by atoms with E-state index >= 15 is 0 Å². The van der Waals surface area contributed by atoms with Crippen LogP contribution in [0.2, 0.25) is 0 Å². The third-order valence-electron chi connectivity index (χ3n) is 6.91. The molecule has 0 bridgehead atoms. The molecule has 0 fully saturated rings. The molecule has 0 spiro atoms. The van der Waals surface area contributed by atoms with E-state index in [1.165, 1.54) is 34.2 Å². The molecule has 186 valence electrons. The van der Waals surface area contributed by atoms with Gasteiger partial charge in [-0.15, -0.1) is 0 Å². The van der Waals surface area contributed by atoms with Crippen molar-refractivity contribution in [1.82, 2.24) is 0 Å². The number of carbonyl (C=O) groups excluding carboxylic acids is 1. The highest BCUT2D eigenvalue weighted by atomic mass is 127. The van der Waals surface area contributed by atoms with Gasteiger partial charge in [-0.2, -0.15) is 4.58 Å². The van der Waals surface area contributed by atoms with Crippen LogP contribution in [0.25, 0.3) is 6.08 Å². The number of allylic oxidation sites excluding steroid dienone is 4. The van der Waals surface area contributed by atoms with Crippen molar-refractivity contribution in [2.24, 2.45) is 0 Å². The van der Waals surface area contributed by atoms with Gasteiger partial charge in [-0.25, -0.2) is 4.79 Å². The van der Waals surface area contributed by atoms with Crippen molar-refractivity contribution in [3.05, 3.63) is 95.3 Å². The van der Waals surface area contributed by atoms with E-state index in [-0.39, 0.29) is 36.0 Å². The number of halogens is 1. The highest BCUT2D eigenvalue weighted by Gasteiger charge is 2.42. The van der Waals surface area contributed by atoms with Crippen LogP contribution >= 0.6 is 0 Å². The lowest BCUT2D eigenvalue weighted by molar-refractivity contribution is -0.401. The van der Waals surface area contributed by atoms with Crippen LogP contribution in [0.1, 0.15) is 44.2 Å². The van der Waals surface area contributed by atoms with Crippen molar-refractivity contribution in [3.63, 3.8) is 0 Å². The maximum Gasteiger partial charge on any atom is 0.514 e. The quantitative estimate of drug-likeness (QED) is 0.173. The van der Waals surface area contributed by atoms with Gasteiger partial charge < -0.3 is 38.2 Å². The van der Waals surface area contributed by atoms with Crippen LogP contribution in [0, 0.1) is 0 Å². The Morgan fingerprint density at radius 2 is 1.97 bits per heavy atom. The lowest BCUT2D eigenvalue weighted by Crippen LogP contribution is -3.00. The van der Waals surface area contributed by atoms with Gasteiger partial charge in [-0.05, 0) is 68.5 Å². The lowest BCUT2D eigenvalue weighted by Gasteiger charge is -2.26. The van der Waals surface area contributed by atoms with Gasteiger partial charge in [0.15, 0.2) is 5.71 Å². The maximum atomic E-state index is 11.8. The molecule has 3 aliphatic rings. The lowest BCUT2D eigenvalue weighted by atomic mass is 9.81. The molecule has 1 aliphatic carbocycles. The molecule has 2 aliphatic heterocycles. The number of benzene rings is 2. The molecule has 0 unspecified atom stereocenters. The van der Waals surface area contributed by atoms with E-state index < -0.39 is 6.16 Å². The van der Waals surface area contributed by atoms with E-state index in [1.54, 1.807) is 12.1 Å². The van der Waals surface area contributed by atoms with Crippen LogP contribution in [-0.2, 0) is 10.2 Å². The van der Waals surface area contributed by atoms with Crippen molar-refractivity contribution < 1.29 is 47.6 Å². The summed E-state index contributed by atoms with van der Waals surface area (Å²) in [6.45, 7) is 8.18. The number of hydrogen-bond acceptors (Lipinski definition) is 4. The van der Waals surface area contributed by atoms with E-state index in [9.17, 15) is 4.79 Å². The van der Waals surface area contributed by atoms with Gasteiger partial charge >= 0.3 is 6.16 Å². The topological polar surface area (TPSA) is 47.8 Å². The second kappa shape index (κ2) is 10.5. The number of rotatable bonds is 5. The molecule has 2 heterocycles. The standard InChI is InChI=1S/C30H30NO4.HI/c1-5-17-33-29(32)34-23-15-13-21-18-22-10-8-9-20(28(22)35-26(21)19-23)14-16-27-30(2,3)24-11-6-7-12-25(24)31(27)4;/h5-7,11-16,18-19H,1,8-10,17H2,2-4H3;1H/q+1;/p-1/b16-14+;. The Morgan fingerprint density at radius 3 is 2.75 bits per heavy atom. The summed E-state index contributed by atoms with van der Waals surface area (Å²) in [5.41, 5.74) is 7.13. The first-order valence-electron chi connectivity index (χ1n) is 12.0. The molecule has 0 amide bonds. The SMILES string of the molecule is C=CCOC(=O)Oc1ccc2c(c1)OC1=C(/C=C/C3=[N+](C)c4ccccc4C3(C)C)CCCC1=C2.[I-]. The van der Waals surface area contributed by atoms with Gasteiger partial charge in [0.05, 0.1) is 5.41 Å². The Kier molecular flexibility index (Phi) is 7.54. The number of carbonyl (C=O) groups is 1. The third kappa shape index (κ3) is 4.78. The van der Waals surface area contributed by atoms with Gasteiger partial charge in [0.2, 0.25) is 5.69 Å². The fourth-order valence-corrected chi connectivity index (χ4v) is 5.15. The molecule has 0 radical (unpaired) electrons. The van der Waals surface area contributed by atoms with E-state index in [2.05, 4.69) is 74.5 Å². The fraction of sp³-hybridized carbons (Fsp3) is 0.267. The van der Waals surface area contributed by atoms with Crippen LogP contribution in [-0.4, -0.2) is 30.1 Å². The minimum atomic E-state index is -0.765. The van der Waals surface area contributed by atoms with E-state index in [1.807, 2.05) is 6.07 Å². The summed E-state index contributed by atoms with van der Waals surface area (Å²) in [6, 6.07) is 14.0. The van der Waals surface area contributed by atoms with Crippen molar-refractivity contribution >= 4 is 23.6 Å². The van der Waals surface area contributed by atoms with E-state index in [4.69, 9.17) is 14.2 Å². The van der Waals surface area contributed by atoms with Crippen LogP contribution in [0.4, 0.5) is 10.5 Å².